The molecular weight excluding hydrogens is 322 g/mol. The van der Waals surface area contributed by atoms with Crippen molar-refractivity contribution in [3.05, 3.63) is 56.4 Å². The molecule has 1 aromatic heterocycles. The maximum atomic E-state index is 12.2. The molecule has 0 aliphatic heterocycles. The Morgan fingerprint density at radius 2 is 1.78 bits per heavy atom. The average molecular weight is 339 g/mol. The molecule has 0 atom stereocenters. The number of aryl methyl sites for hydroxylation is 1. The standard InChI is InChI=1S/C14H17N3O5S/c1-9-12(13(18)17-14(19)16-9)23(20,21)15-8-7-10-3-5-11(22-2)6-4-10/h3-6,15H,7-8H2,1-2H3,(H2,16,17,18,19). The lowest BCUT2D eigenvalue weighted by atomic mass is 10.1. The van der Waals surface area contributed by atoms with E-state index < -0.39 is 26.2 Å². The second-order valence-corrected chi connectivity index (χ2v) is 6.56. The fourth-order valence-corrected chi connectivity index (χ4v) is 3.37. The van der Waals surface area contributed by atoms with Crippen LogP contribution in [0.5, 0.6) is 5.75 Å². The van der Waals surface area contributed by atoms with E-state index in [1.807, 2.05) is 17.1 Å². The van der Waals surface area contributed by atoms with Gasteiger partial charge in [0.15, 0.2) is 4.90 Å². The summed E-state index contributed by atoms with van der Waals surface area (Å²) in [6, 6.07) is 7.21. The Bertz CT molecular complexity index is 897. The highest BCUT2D eigenvalue weighted by molar-refractivity contribution is 7.89. The highest BCUT2D eigenvalue weighted by Gasteiger charge is 2.21. The summed E-state index contributed by atoms with van der Waals surface area (Å²) in [5, 5.41) is 0. The monoisotopic (exact) mass is 339 g/mol. The van der Waals surface area contributed by atoms with Crippen molar-refractivity contribution in [2.45, 2.75) is 18.2 Å². The molecule has 2 aromatic rings. The van der Waals surface area contributed by atoms with Crippen LogP contribution in [0.2, 0.25) is 0 Å². The largest absolute Gasteiger partial charge is 0.497 e. The molecule has 3 N–H and O–H groups in total. The average Bonchev–Trinajstić information content (AvgIpc) is 2.46. The molecule has 2 rings (SSSR count). The number of aromatic nitrogens is 2. The predicted molar refractivity (Wildman–Crippen MR) is 84.3 cm³/mol. The van der Waals surface area contributed by atoms with Crippen molar-refractivity contribution >= 4 is 10.0 Å². The number of ether oxygens (including phenoxy) is 1. The zero-order valence-electron chi connectivity index (χ0n) is 12.7. The number of benzene rings is 1. The lowest BCUT2D eigenvalue weighted by Crippen LogP contribution is -2.35. The summed E-state index contributed by atoms with van der Waals surface area (Å²) in [6.07, 6.45) is 0.448. The number of hydrogen-bond donors (Lipinski definition) is 3. The highest BCUT2D eigenvalue weighted by Crippen LogP contribution is 2.11. The third kappa shape index (κ3) is 4.08. The minimum Gasteiger partial charge on any atom is -0.497 e. The first-order valence-electron chi connectivity index (χ1n) is 6.79. The van der Waals surface area contributed by atoms with E-state index in [4.69, 9.17) is 4.74 Å². The van der Waals surface area contributed by atoms with Gasteiger partial charge in [0.1, 0.15) is 5.75 Å². The lowest BCUT2D eigenvalue weighted by molar-refractivity contribution is 0.414. The third-order valence-corrected chi connectivity index (χ3v) is 4.82. The molecule has 0 bridgehead atoms. The highest BCUT2D eigenvalue weighted by atomic mass is 32.2. The molecule has 1 heterocycles. The summed E-state index contributed by atoms with van der Waals surface area (Å²) in [5.74, 6) is 0.713. The minimum atomic E-state index is -4.01. The number of rotatable bonds is 6. The normalized spacial score (nSPS) is 11.4. The molecular formula is C14H17N3O5S. The summed E-state index contributed by atoms with van der Waals surface area (Å²) in [6.45, 7) is 1.47. The van der Waals surface area contributed by atoms with Crippen LogP contribution in [0, 0.1) is 6.92 Å². The Labute approximate surface area is 132 Å². The minimum absolute atomic E-state index is 0.00398. The van der Waals surface area contributed by atoms with Gasteiger partial charge >= 0.3 is 5.69 Å². The molecule has 0 fully saturated rings. The fourth-order valence-electron chi connectivity index (χ4n) is 2.11. The van der Waals surface area contributed by atoms with E-state index in [0.717, 1.165) is 5.56 Å². The topological polar surface area (TPSA) is 121 Å². The summed E-state index contributed by atoms with van der Waals surface area (Å²) in [5.41, 5.74) is -0.774. The first-order valence-corrected chi connectivity index (χ1v) is 8.27. The van der Waals surface area contributed by atoms with Gasteiger partial charge in [0.25, 0.3) is 5.56 Å². The van der Waals surface area contributed by atoms with Crippen LogP contribution in [0.3, 0.4) is 0 Å². The number of hydrogen-bond acceptors (Lipinski definition) is 5. The van der Waals surface area contributed by atoms with Crippen molar-refractivity contribution in [2.75, 3.05) is 13.7 Å². The molecule has 0 amide bonds. The maximum Gasteiger partial charge on any atom is 0.325 e. The second kappa shape index (κ2) is 6.80. The van der Waals surface area contributed by atoms with Gasteiger partial charge in [0.2, 0.25) is 10.0 Å². The van der Waals surface area contributed by atoms with Gasteiger partial charge in [0.05, 0.1) is 7.11 Å². The number of sulfonamides is 1. The van der Waals surface area contributed by atoms with E-state index in [-0.39, 0.29) is 12.2 Å². The molecule has 9 heteroatoms. The van der Waals surface area contributed by atoms with Crippen LogP contribution < -0.4 is 20.7 Å². The number of nitrogens with one attached hydrogen (secondary N) is 3. The summed E-state index contributed by atoms with van der Waals surface area (Å²) in [7, 11) is -2.45. The van der Waals surface area contributed by atoms with Crippen LogP contribution in [-0.2, 0) is 16.4 Å². The molecule has 0 aliphatic carbocycles. The fraction of sp³-hybridized carbons (Fsp3) is 0.286. The van der Waals surface area contributed by atoms with E-state index in [2.05, 4.69) is 9.71 Å². The Morgan fingerprint density at radius 3 is 2.35 bits per heavy atom. The molecule has 0 spiro atoms. The molecule has 23 heavy (non-hydrogen) atoms. The van der Waals surface area contributed by atoms with Crippen LogP contribution in [0.15, 0.2) is 38.8 Å². The zero-order valence-corrected chi connectivity index (χ0v) is 13.5. The third-order valence-electron chi connectivity index (χ3n) is 3.21. The Kier molecular flexibility index (Phi) is 5.02. The lowest BCUT2D eigenvalue weighted by Gasteiger charge is -2.08. The van der Waals surface area contributed by atoms with Crippen molar-refractivity contribution < 1.29 is 13.2 Å². The Hall–Kier alpha value is -2.39. The predicted octanol–water partition coefficient (Wildman–Crippen LogP) is -0.0988. The van der Waals surface area contributed by atoms with Gasteiger partial charge in [-0.25, -0.2) is 17.9 Å². The smallest absolute Gasteiger partial charge is 0.325 e. The SMILES string of the molecule is COc1ccc(CCNS(=O)(=O)c2c(C)[nH]c(=O)[nH]c2=O)cc1. The zero-order chi connectivity index (χ0) is 17.0. The molecule has 1 aromatic carbocycles. The van der Waals surface area contributed by atoms with Crippen LogP contribution in [0.25, 0.3) is 0 Å². The Morgan fingerprint density at radius 1 is 1.13 bits per heavy atom. The van der Waals surface area contributed by atoms with Gasteiger partial charge < -0.3 is 9.72 Å². The maximum absolute atomic E-state index is 12.2. The molecule has 8 nitrogen and oxygen atoms in total. The molecule has 124 valence electrons. The van der Waals surface area contributed by atoms with Crippen molar-refractivity contribution in [1.29, 1.82) is 0 Å². The van der Waals surface area contributed by atoms with Gasteiger partial charge in [-0.15, -0.1) is 0 Å². The van der Waals surface area contributed by atoms with Crippen molar-refractivity contribution in [2.24, 2.45) is 0 Å². The van der Waals surface area contributed by atoms with Crippen LogP contribution in [-0.4, -0.2) is 32.0 Å². The van der Waals surface area contributed by atoms with Gasteiger partial charge in [-0.05, 0) is 31.0 Å². The van der Waals surface area contributed by atoms with Gasteiger partial charge in [0, 0.05) is 12.2 Å². The Balaban J connectivity index is 2.10. The van der Waals surface area contributed by atoms with E-state index in [0.29, 0.717) is 12.2 Å². The molecule has 0 unspecified atom stereocenters. The quantitative estimate of drug-likeness (QED) is 0.679. The molecule has 0 saturated heterocycles. The first kappa shape index (κ1) is 17.0. The summed E-state index contributed by atoms with van der Waals surface area (Å²) >= 11 is 0. The number of H-pyrrole nitrogens is 2. The van der Waals surface area contributed by atoms with E-state index >= 15 is 0 Å². The molecule has 0 saturated carbocycles. The molecule has 0 aliphatic rings. The first-order chi connectivity index (χ1) is 10.8. The summed E-state index contributed by atoms with van der Waals surface area (Å²) in [4.78, 5) is 26.5. The van der Waals surface area contributed by atoms with Crippen LogP contribution in [0.4, 0.5) is 0 Å². The van der Waals surface area contributed by atoms with Gasteiger partial charge in [-0.1, -0.05) is 12.1 Å². The number of aromatic amines is 2. The van der Waals surface area contributed by atoms with Crippen molar-refractivity contribution in [1.82, 2.24) is 14.7 Å². The van der Waals surface area contributed by atoms with E-state index in [9.17, 15) is 18.0 Å². The van der Waals surface area contributed by atoms with Crippen LogP contribution >= 0.6 is 0 Å². The van der Waals surface area contributed by atoms with E-state index in [1.54, 1.807) is 19.2 Å². The number of methoxy groups -OCH3 is 1. The summed E-state index contributed by atoms with van der Waals surface area (Å²) < 4.78 is 31.8. The van der Waals surface area contributed by atoms with Crippen molar-refractivity contribution in [3.8, 4) is 5.75 Å². The van der Waals surface area contributed by atoms with E-state index in [1.165, 1.54) is 6.92 Å². The molecule has 0 radical (unpaired) electrons. The second-order valence-electron chi connectivity index (χ2n) is 4.86. The van der Waals surface area contributed by atoms with Gasteiger partial charge in [-0.3, -0.25) is 9.78 Å². The van der Waals surface area contributed by atoms with Crippen LogP contribution in [0.1, 0.15) is 11.3 Å². The van der Waals surface area contributed by atoms with Crippen molar-refractivity contribution in [3.63, 3.8) is 0 Å². The van der Waals surface area contributed by atoms with Gasteiger partial charge in [-0.2, -0.15) is 0 Å².